The lowest BCUT2D eigenvalue weighted by molar-refractivity contribution is 0.00578. The lowest BCUT2D eigenvalue weighted by Gasteiger charge is -2.32. The Balaban J connectivity index is 0.000000212. The Morgan fingerprint density at radius 2 is 1.22 bits per heavy atom. The lowest BCUT2D eigenvalue weighted by Crippen LogP contribution is -2.41. The van der Waals surface area contributed by atoms with Crippen LogP contribution in [0.2, 0.25) is 0 Å². The molecule has 2 aromatic carbocycles. The number of hydrogen-bond donors (Lipinski definition) is 0. The number of aromatic nitrogens is 5. The summed E-state index contributed by atoms with van der Waals surface area (Å²) in [4.78, 5) is 41.6. The smallest absolute Gasteiger partial charge is 0.399 e. The van der Waals surface area contributed by atoms with Crippen LogP contribution in [0.4, 0.5) is 8.78 Å². The van der Waals surface area contributed by atoms with Crippen molar-refractivity contribution < 1.29 is 27.7 Å². The molecule has 0 aliphatic carbocycles. The summed E-state index contributed by atoms with van der Waals surface area (Å²) >= 11 is 0. The van der Waals surface area contributed by atoms with Crippen molar-refractivity contribution in [3.63, 3.8) is 0 Å². The predicted molar refractivity (Wildman–Crippen MR) is 208 cm³/mol. The SMILES string of the molecule is CC(C)N(Cc1ccc(F)c(-c2ccccn2)c1)C(=O)c1cn(C)cn1.CC(C)N(Cc1ccc(F)c(B2OC(C)(C)C(C)(C)O2)c1)C(=O)c1cn(C)cn1. The van der Waals surface area contributed by atoms with Crippen LogP contribution in [-0.4, -0.2) is 76.1 Å². The third-order valence-corrected chi connectivity index (χ3v) is 9.86. The van der Waals surface area contributed by atoms with Gasteiger partial charge in [-0.25, -0.2) is 18.7 Å². The molecule has 2 amide bonds. The number of amides is 2. The molecule has 1 fully saturated rings. The molecule has 0 radical (unpaired) electrons. The first-order chi connectivity index (χ1) is 25.9. The van der Waals surface area contributed by atoms with E-state index in [1.165, 1.54) is 12.1 Å². The number of pyridine rings is 1. The molecule has 1 saturated heterocycles. The van der Waals surface area contributed by atoms with Crippen LogP contribution < -0.4 is 5.46 Å². The Hall–Kier alpha value is -5.21. The first-order valence-electron chi connectivity index (χ1n) is 18.3. The number of hydrogen-bond acceptors (Lipinski definition) is 7. The Labute approximate surface area is 322 Å². The zero-order valence-corrected chi connectivity index (χ0v) is 33.2. The van der Waals surface area contributed by atoms with Gasteiger partial charge in [-0.15, -0.1) is 0 Å². The van der Waals surface area contributed by atoms with Gasteiger partial charge in [-0.3, -0.25) is 14.6 Å². The molecule has 290 valence electrons. The summed E-state index contributed by atoms with van der Waals surface area (Å²) in [6.07, 6.45) is 8.22. The van der Waals surface area contributed by atoms with Gasteiger partial charge in [0.1, 0.15) is 23.0 Å². The zero-order chi connectivity index (χ0) is 40.2. The molecular formula is C41H50BF2N7O4. The van der Waals surface area contributed by atoms with Crippen molar-refractivity contribution in [2.75, 3.05) is 0 Å². The third kappa shape index (κ3) is 9.55. The van der Waals surface area contributed by atoms with Gasteiger partial charge in [-0.2, -0.15) is 0 Å². The summed E-state index contributed by atoms with van der Waals surface area (Å²) in [7, 11) is 2.85. The average Bonchev–Trinajstić information content (AvgIpc) is 3.83. The normalized spacial score (nSPS) is 14.5. The minimum Gasteiger partial charge on any atom is -0.399 e. The molecule has 4 heterocycles. The Morgan fingerprint density at radius 1 is 0.727 bits per heavy atom. The highest BCUT2D eigenvalue weighted by molar-refractivity contribution is 6.62. The largest absolute Gasteiger partial charge is 0.497 e. The van der Waals surface area contributed by atoms with E-state index in [0.29, 0.717) is 41.2 Å². The van der Waals surface area contributed by atoms with Crippen LogP contribution in [0.3, 0.4) is 0 Å². The summed E-state index contributed by atoms with van der Waals surface area (Å²) in [6.45, 7) is 16.2. The molecule has 3 aromatic heterocycles. The number of benzene rings is 2. The van der Waals surface area contributed by atoms with Crippen molar-refractivity contribution in [3.8, 4) is 11.3 Å². The van der Waals surface area contributed by atoms with Crippen LogP contribution in [-0.2, 0) is 36.5 Å². The van der Waals surface area contributed by atoms with Gasteiger partial charge in [-0.1, -0.05) is 24.3 Å². The monoisotopic (exact) mass is 753 g/mol. The highest BCUT2D eigenvalue weighted by Gasteiger charge is 2.52. The van der Waals surface area contributed by atoms with Gasteiger partial charge in [-0.05, 0) is 96.8 Å². The van der Waals surface area contributed by atoms with Gasteiger partial charge in [0.25, 0.3) is 11.8 Å². The van der Waals surface area contributed by atoms with E-state index in [-0.39, 0.29) is 35.5 Å². The van der Waals surface area contributed by atoms with Crippen molar-refractivity contribution in [3.05, 3.63) is 120 Å². The number of carbonyl (C=O) groups excluding carboxylic acids is 2. The fourth-order valence-corrected chi connectivity index (χ4v) is 5.94. The van der Waals surface area contributed by atoms with Gasteiger partial charge in [0, 0.05) is 68.9 Å². The molecule has 0 saturated carbocycles. The average molecular weight is 754 g/mol. The molecule has 1 aliphatic rings. The van der Waals surface area contributed by atoms with E-state index in [2.05, 4.69) is 15.0 Å². The number of aryl methyl sites for hydroxylation is 2. The second kappa shape index (κ2) is 16.7. The van der Waals surface area contributed by atoms with Gasteiger partial charge in [0.2, 0.25) is 0 Å². The quantitative estimate of drug-likeness (QED) is 0.148. The van der Waals surface area contributed by atoms with Crippen LogP contribution in [0, 0.1) is 11.6 Å². The van der Waals surface area contributed by atoms with Crippen molar-refractivity contribution in [2.45, 2.75) is 91.8 Å². The Bertz CT molecular complexity index is 2100. The topological polar surface area (TPSA) is 108 Å². The molecule has 5 aromatic rings. The van der Waals surface area contributed by atoms with Crippen molar-refractivity contribution in [1.82, 2.24) is 33.9 Å². The number of halogens is 2. The van der Waals surface area contributed by atoms with Crippen molar-refractivity contribution >= 4 is 24.4 Å². The molecule has 6 rings (SSSR count). The van der Waals surface area contributed by atoms with Crippen molar-refractivity contribution in [2.24, 2.45) is 14.1 Å². The van der Waals surface area contributed by atoms with Gasteiger partial charge < -0.3 is 28.2 Å². The Kier molecular flexibility index (Phi) is 12.4. The molecule has 0 N–H and O–H groups in total. The first-order valence-corrected chi connectivity index (χ1v) is 18.3. The van der Waals surface area contributed by atoms with E-state index >= 15 is 0 Å². The number of carbonyl (C=O) groups is 2. The molecule has 0 atom stereocenters. The molecule has 0 spiro atoms. The molecule has 11 nitrogen and oxygen atoms in total. The number of imidazole rings is 2. The van der Waals surface area contributed by atoms with Crippen molar-refractivity contribution in [1.29, 1.82) is 0 Å². The fraction of sp³-hybridized carbons (Fsp3) is 0.390. The molecular weight excluding hydrogens is 703 g/mol. The maximum absolute atomic E-state index is 14.6. The van der Waals surface area contributed by atoms with E-state index < -0.39 is 18.3 Å². The summed E-state index contributed by atoms with van der Waals surface area (Å²) in [5.74, 6) is -1.04. The van der Waals surface area contributed by atoms with Gasteiger partial charge in [0.05, 0.1) is 29.6 Å². The standard InChI is InChI=1S/C21H29BFN3O3.C20H21FN4O/c1-14(2)26(19(27)18-12-25(7)13-24-18)11-15-8-9-17(23)16(10-15)22-28-20(3,4)21(5,6)29-22;1-14(2)25(20(26)19-12-24(3)13-23-19)11-15-7-8-17(21)16(10-15)18-6-4-5-9-22-18/h8-10,12-14H,11H2,1-7H3;4-10,12-14H,11H2,1-3H3. The first kappa shape index (κ1) is 41.0. The number of nitrogens with zero attached hydrogens (tertiary/aromatic N) is 7. The maximum Gasteiger partial charge on any atom is 0.497 e. The molecule has 0 bridgehead atoms. The molecule has 1 aliphatic heterocycles. The number of rotatable bonds is 10. The summed E-state index contributed by atoms with van der Waals surface area (Å²) in [6, 6.07) is 15.0. The third-order valence-electron chi connectivity index (χ3n) is 9.86. The minimum absolute atomic E-state index is 0.0205. The van der Waals surface area contributed by atoms with Crippen LogP contribution in [0.15, 0.2) is 85.8 Å². The van der Waals surface area contributed by atoms with E-state index in [4.69, 9.17) is 9.31 Å². The predicted octanol–water partition coefficient (Wildman–Crippen LogP) is 6.58. The van der Waals surface area contributed by atoms with E-state index in [1.807, 2.05) is 75.6 Å². The van der Waals surface area contributed by atoms with Gasteiger partial charge >= 0.3 is 7.12 Å². The second-order valence-corrected chi connectivity index (χ2v) is 15.4. The Morgan fingerprint density at radius 3 is 1.65 bits per heavy atom. The molecule has 14 heteroatoms. The minimum atomic E-state index is -0.793. The van der Waals surface area contributed by atoms with Gasteiger partial charge in [0.15, 0.2) is 0 Å². The highest BCUT2D eigenvalue weighted by Crippen LogP contribution is 2.36. The van der Waals surface area contributed by atoms with Crippen LogP contribution in [0.5, 0.6) is 0 Å². The zero-order valence-electron chi connectivity index (χ0n) is 33.2. The van der Waals surface area contributed by atoms with E-state index in [9.17, 15) is 18.4 Å². The summed E-state index contributed by atoms with van der Waals surface area (Å²) in [5, 5.41) is 0. The summed E-state index contributed by atoms with van der Waals surface area (Å²) in [5.41, 5.74) is 2.64. The lowest BCUT2D eigenvalue weighted by atomic mass is 9.78. The van der Waals surface area contributed by atoms with Crippen LogP contribution in [0.25, 0.3) is 11.3 Å². The van der Waals surface area contributed by atoms with E-state index in [0.717, 1.165) is 11.1 Å². The molecule has 0 unspecified atom stereocenters. The van der Waals surface area contributed by atoms with Crippen LogP contribution in [0.1, 0.15) is 87.5 Å². The molecule has 55 heavy (non-hydrogen) atoms. The fourth-order valence-electron chi connectivity index (χ4n) is 5.94. The highest BCUT2D eigenvalue weighted by atomic mass is 19.1. The summed E-state index contributed by atoms with van der Waals surface area (Å²) < 4.78 is 44.3. The second-order valence-electron chi connectivity index (χ2n) is 15.4. The van der Waals surface area contributed by atoms with Crippen LogP contribution >= 0.6 is 0 Å². The van der Waals surface area contributed by atoms with E-state index in [1.54, 1.807) is 86.6 Å². The maximum atomic E-state index is 14.6.